The van der Waals surface area contributed by atoms with Crippen LogP contribution >= 0.6 is 0 Å². The van der Waals surface area contributed by atoms with E-state index in [1.807, 2.05) is 0 Å². The standard InChI is InChI=1S/C7H6FNO3/c8-6-4(3-5(10)11)1-2-9-7(6)12/h1-2H,3H2,(H,9,12)(H,10,11). The molecule has 5 heteroatoms. The van der Waals surface area contributed by atoms with Crippen LogP contribution in [0.3, 0.4) is 0 Å². The first-order valence-electron chi connectivity index (χ1n) is 3.19. The average Bonchev–Trinajstić information content (AvgIpc) is 1.98. The Morgan fingerprint density at radius 2 is 2.33 bits per heavy atom. The van der Waals surface area contributed by atoms with E-state index in [1.165, 1.54) is 12.3 Å². The zero-order chi connectivity index (χ0) is 9.14. The Morgan fingerprint density at radius 3 is 2.92 bits per heavy atom. The fourth-order valence-electron chi connectivity index (χ4n) is 0.800. The average molecular weight is 171 g/mol. The number of H-pyrrole nitrogens is 1. The molecule has 0 aliphatic carbocycles. The number of aromatic amines is 1. The van der Waals surface area contributed by atoms with Crippen molar-refractivity contribution >= 4 is 5.97 Å². The van der Waals surface area contributed by atoms with E-state index >= 15 is 0 Å². The first kappa shape index (κ1) is 8.45. The van der Waals surface area contributed by atoms with Gasteiger partial charge in [-0.1, -0.05) is 0 Å². The van der Waals surface area contributed by atoms with Gasteiger partial charge in [0.1, 0.15) is 0 Å². The van der Waals surface area contributed by atoms with Gasteiger partial charge < -0.3 is 10.1 Å². The molecule has 0 saturated heterocycles. The van der Waals surface area contributed by atoms with Crippen LogP contribution in [0.1, 0.15) is 5.56 Å². The summed E-state index contributed by atoms with van der Waals surface area (Å²) in [6.45, 7) is 0. The van der Waals surface area contributed by atoms with Crippen LogP contribution in [-0.4, -0.2) is 16.1 Å². The van der Waals surface area contributed by atoms with E-state index in [9.17, 15) is 14.0 Å². The molecule has 0 aromatic carbocycles. The van der Waals surface area contributed by atoms with Gasteiger partial charge in [-0.2, -0.15) is 0 Å². The van der Waals surface area contributed by atoms with Gasteiger partial charge in [0.05, 0.1) is 6.42 Å². The first-order valence-corrected chi connectivity index (χ1v) is 3.19. The van der Waals surface area contributed by atoms with E-state index in [2.05, 4.69) is 4.98 Å². The summed E-state index contributed by atoms with van der Waals surface area (Å²) in [7, 11) is 0. The number of rotatable bonds is 2. The number of aromatic nitrogens is 1. The molecule has 0 aliphatic rings. The number of hydrogen-bond acceptors (Lipinski definition) is 2. The molecule has 1 aromatic rings. The smallest absolute Gasteiger partial charge is 0.307 e. The van der Waals surface area contributed by atoms with Crippen molar-refractivity contribution in [1.82, 2.24) is 4.98 Å². The molecule has 1 rings (SSSR count). The minimum Gasteiger partial charge on any atom is -0.481 e. The summed E-state index contributed by atoms with van der Waals surface area (Å²) in [5.74, 6) is -2.20. The van der Waals surface area contributed by atoms with Crippen molar-refractivity contribution in [1.29, 1.82) is 0 Å². The monoisotopic (exact) mass is 171 g/mol. The quantitative estimate of drug-likeness (QED) is 0.664. The van der Waals surface area contributed by atoms with Crippen LogP contribution in [0.2, 0.25) is 0 Å². The Bertz CT molecular complexity index is 358. The van der Waals surface area contributed by atoms with E-state index in [0.29, 0.717) is 0 Å². The number of pyridine rings is 1. The summed E-state index contributed by atoms with van der Waals surface area (Å²) >= 11 is 0. The molecule has 0 radical (unpaired) electrons. The molecule has 2 N–H and O–H groups in total. The van der Waals surface area contributed by atoms with E-state index < -0.39 is 23.8 Å². The molecule has 0 aliphatic heterocycles. The van der Waals surface area contributed by atoms with Crippen molar-refractivity contribution in [2.24, 2.45) is 0 Å². The Balaban J connectivity index is 3.08. The predicted octanol–water partition coefficient (Wildman–Crippen LogP) is 0.141. The summed E-state index contributed by atoms with van der Waals surface area (Å²) in [5.41, 5.74) is -1.000. The predicted molar refractivity (Wildman–Crippen MR) is 38.4 cm³/mol. The maximum absolute atomic E-state index is 12.8. The number of aliphatic carboxylic acids is 1. The van der Waals surface area contributed by atoms with Crippen molar-refractivity contribution in [3.05, 3.63) is 34.0 Å². The molecular weight excluding hydrogens is 165 g/mol. The van der Waals surface area contributed by atoms with Gasteiger partial charge in [-0.05, 0) is 6.07 Å². The molecule has 64 valence electrons. The van der Waals surface area contributed by atoms with Crippen molar-refractivity contribution in [2.75, 3.05) is 0 Å². The zero-order valence-electron chi connectivity index (χ0n) is 6.00. The fraction of sp³-hybridized carbons (Fsp3) is 0.143. The lowest BCUT2D eigenvalue weighted by Gasteiger charge is -1.96. The topological polar surface area (TPSA) is 70.2 Å². The summed E-state index contributed by atoms with van der Waals surface area (Å²) < 4.78 is 12.8. The van der Waals surface area contributed by atoms with Crippen LogP contribution in [0, 0.1) is 5.82 Å². The third-order valence-corrected chi connectivity index (χ3v) is 1.32. The second-order valence-corrected chi connectivity index (χ2v) is 2.22. The lowest BCUT2D eigenvalue weighted by atomic mass is 10.2. The minimum absolute atomic E-state index is 0.105. The first-order chi connectivity index (χ1) is 5.61. The van der Waals surface area contributed by atoms with Crippen LogP contribution in [0.25, 0.3) is 0 Å². The van der Waals surface area contributed by atoms with Gasteiger partial charge in [-0.15, -0.1) is 0 Å². The second-order valence-electron chi connectivity index (χ2n) is 2.22. The van der Waals surface area contributed by atoms with Gasteiger partial charge in [-0.25, -0.2) is 4.39 Å². The number of carboxylic acids is 1. The molecule has 0 fully saturated rings. The normalized spacial score (nSPS) is 9.75. The molecule has 0 unspecified atom stereocenters. The van der Waals surface area contributed by atoms with Gasteiger partial charge in [-0.3, -0.25) is 9.59 Å². The third kappa shape index (κ3) is 1.69. The molecule has 1 heterocycles. The summed E-state index contributed by atoms with van der Waals surface area (Å²) in [4.78, 5) is 22.8. The maximum Gasteiger partial charge on any atom is 0.307 e. The highest BCUT2D eigenvalue weighted by Gasteiger charge is 2.08. The number of hydrogen-bond donors (Lipinski definition) is 2. The lowest BCUT2D eigenvalue weighted by molar-refractivity contribution is -0.136. The highest BCUT2D eigenvalue weighted by Crippen LogP contribution is 2.00. The van der Waals surface area contributed by atoms with Crippen molar-refractivity contribution in [2.45, 2.75) is 6.42 Å². The van der Waals surface area contributed by atoms with Gasteiger partial charge in [0.25, 0.3) is 5.56 Å². The molecule has 0 atom stereocenters. The highest BCUT2D eigenvalue weighted by atomic mass is 19.1. The summed E-state index contributed by atoms with van der Waals surface area (Å²) in [5, 5.41) is 8.30. The SMILES string of the molecule is O=C(O)Cc1cc[nH]c(=O)c1F. The Morgan fingerprint density at radius 1 is 1.67 bits per heavy atom. The molecule has 0 bridgehead atoms. The fourth-order valence-corrected chi connectivity index (χ4v) is 0.800. The van der Waals surface area contributed by atoms with Gasteiger partial charge in [0.2, 0.25) is 0 Å². The van der Waals surface area contributed by atoms with Crippen LogP contribution in [0.15, 0.2) is 17.1 Å². The van der Waals surface area contributed by atoms with E-state index in [1.54, 1.807) is 0 Å². The molecule has 1 aromatic heterocycles. The third-order valence-electron chi connectivity index (χ3n) is 1.32. The van der Waals surface area contributed by atoms with Crippen LogP contribution < -0.4 is 5.56 Å². The second kappa shape index (κ2) is 3.17. The Kier molecular flexibility index (Phi) is 2.23. The maximum atomic E-state index is 12.8. The lowest BCUT2D eigenvalue weighted by Crippen LogP contribution is -2.14. The molecule has 0 saturated carbocycles. The number of carbonyl (C=O) groups is 1. The van der Waals surface area contributed by atoms with Gasteiger partial charge >= 0.3 is 5.97 Å². The van der Waals surface area contributed by atoms with Crippen molar-refractivity contribution in [3.63, 3.8) is 0 Å². The largest absolute Gasteiger partial charge is 0.481 e. The van der Waals surface area contributed by atoms with E-state index in [0.717, 1.165) is 0 Å². The van der Waals surface area contributed by atoms with Crippen molar-refractivity contribution < 1.29 is 14.3 Å². The number of nitrogens with one attached hydrogen (secondary N) is 1. The minimum atomic E-state index is -1.17. The van der Waals surface area contributed by atoms with Gasteiger partial charge in [0, 0.05) is 11.8 Å². The van der Waals surface area contributed by atoms with Crippen LogP contribution in [-0.2, 0) is 11.2 Å². The Hall–Kier alpha value is -1.65. The van der Waals surface area contributed by atoms with E-state index in [4.69, 9.17) is 5.11 Å². The highest BCUT2D eigenvalue weighted by molar-refractivity contribution is 5.70. The molecule has 0 amide bonds. The molecule has 12 heavy (non-hydrogen) atoms. The zero-order valence-corrected chi connectivity index (χ0v) is 6.00. The van der Waals surface area contributed by atoms with E-state index in [-0.39, 0.29) is 5.56 Å². The molecule has 4 nitrogen and oxygen atoms in total. The number of carboxylic acid groups (broad SMARTS) is 1. The summed E-state index contributed by atoms with van der Waals surface area (Å²) in [6.07, 6.45) is 0.736. The van der Waals surface area contributed by atoms with Crippen LogP contribution in [0.4, 0.5) is 4.39 Å². The number of halogens is 1. The molecule has 0 spiro atoms. The molecular formula is C7H6FNO3. The van der Waals surface area contributed by atoms with Crippen molar-refractivity contribution in [3.8, 4) is 0 Å². The van der Waals surface area contributed by atoms with Gasteiger partial charge in [0.15, 0.2) is 5.82 Å². The Labute approximate surface area is 66.7 Å². The summed E-state index contributed by atoms with van der Waals surface area (Å²) in [6, 6.07) is 1.23. The van der Waals surface area contributed by atoms with Crippen LogP contribution in [0.5, 0.6) is 0 Å².